The maximum absolute atomic E-state index is 13.1. The minimum absolute atomic E-state index is 0.0291. The van der Waals surface area contributed by atoms with Crippen molar-refractivity contribution in [3.05, 3.63) is 28.8 Å². The Morgan fingerprint density at radius 3 is 2.40 bits per heavy atom. The van der Waals surface area contributed by atoms with Gasteiger partial charge in [-0.05, 0) is 31.0 Å². The largest absolute Gasteiger partial charge is 0.392 e. The van der Waals surface area contributed by atoms with Gasteiger partial charge < -0.3 is 10.2 Å². The molecule has 0 spiro atoms. The van der Waals surface area contributed by atoms with Gasteiger partial charge in [0.05, 0.1) is 16.5 Å². The zero-order valence-electron chi connectivity index (χ0n) is 14.0. The molecule has 0 radical (unpaired) electrons. The molecule has 0 saturated heterocycles. The van der Waals surface area contributed by atoms with Crippen molar-refractivity contribution in [3.8, 4) is 0 Å². The molecular formula is C17H20ClF3N2O2. The first kappa shape index (κ1) is 19.6. The zero-order valence-corrected chi connectivity index (χ0v) is 14.7. The van der Waals surface area contributed by atoms with Crippen molar-refractivity contribution in [1.82, 2.24) is 4.90 Å². The molecule has 8 heteroatoms. The summed E-state index contributed by atoms with van der Waals surface area (Å²) < 4.78 is 39.4. The van der Waals surface area contributed by atoms with E-state index in [1.54, 1.807) is 14.1 Å². The summed E-state index contributed by atoms with van der Waals surface area (Å²) in [6.45, 7) is 0. The van der Waals surface area contributed by atoms with Gasteiger partial charge in [-0.2, -0.15) is 13.2 Å². The Hall–Kier alpha value is -1.76. The number of carbonyl (C=O) groups excluding carboxylic acids is 2. The predicted octanol–water partition coefficient (Wildman–Crippen LogP) is 4.35. The Morgan fingerprint density at radius 1 is 1.20 bits per heavy atom. The van der Waals surface area contributed by atoms with E-state index < -0.39 is 23.9 Å². The highest BCUT2D eigenvalue weighted by Crippen LogP contribution is 2.42. The summed E-state index contributed by atoms with van der Waals surface area (Å²) in [4.78, 5) is 25.6. The van der Waals surface area contributed by atoms with E-state index in [1.807, 2.05) is 0 Å². The van der Waals surface area contributed by atoms with Gasteiger partial charge >= 0.3 is 6.18 Å². The number of hydrogen-bond acceptors (Lipinski definition) is 2. The van der Waals surface area contributed by atoms with Gasteiger partial charge in [-0.3, -0.25) is 9.59 Å². The summed E-state index contributed by atoms with van der Waals surface area (Å²) in [7, 11) is 3.16. The number of amides is 2. The first-order valence-electron chi connectivity index (χ1n) is 8.00. The van der Waals surface area contributed by atoms with Crippen molar-refractivity contribution in [2.45, 2.75) is 31.9 Å². The molecule has 1 fully saturated rings. The molecule has 4 nitrogen and oxygen atoms in total. The van der Waals surface area contributed by atoms with Crippen LogP contribution in [-0.4, -0.2) is 37.0 Å². The molecule has 1 aliphatic rings. The van der Waals surface area contributed by atoms with Crippen LogP contribution in [0.15, 0.2) is 18.2 Å². The molecule has 2 rings (SSSR count). The van der Waals surface area contributed by atoms with Gasteiger partial charge in [-0.15, -0.1) is 0 Å². The Balaban J connectivity index is 2.14. The van der Waals surface area contributed by atoms with E-state index in [1.165, 1.54) is 23.1 Å². The average Bonchev–Trinajstić information content (AvgIpc) is 2.53. The highest BCUT2D eigenvalue weighted by molar-refractivity contribution is 6.34. The lowest BCUT2D eigenvalue weighted by Gasteiger charge is -2.32. The Bertz CT molecular complexity index is 662. The molecule has 1 aromatic carbocycles. The summed E-state index contributed by atoms with van der Waals surface area (Å²) in [6.07, 6.45) is -3.13. The number of alkyl halides is 3. The van der Waals surface area contributed by atoms with Crippen LogP contribution in [0.1, 0.15) is 36.0 Å². The highest BCUT2D eigenvalue weighted by Gasteiger charge is 2.48. The number of rotatable bonds is 3. The molecule has 1 aromatic rings. The number of nitrogens with one attached hydrogen (secondary N) is 1. The molecule has 1 aliphatic carbocycles. The fraction of sp³-hybridized carbons (Fsp3) is 0.529. The van der Waals surface area contributed by atoms with E-state index in [2.05, 4.69) is 5.32 Å². The van der Waals surface area contributed by atoms with Crippen LogP contribution >= 0.6 is 11.6 Å². The molecule has 0 heterocycles. The second-order valence-corrected chi connectivity index (χ2v) is 6.83. The number of nitrogens with zero attached hydrogens (tertiary/aromatic N) is 1. The minimum Gasteiger partial charge on any atom is -0.345 e. The number of carbonyl (C=O) groups is 2. The standard InChI is InChI=1S/C17H20ClF3N2O2/c1-23(2)16(25)12-8-7-10(9-14(12)18)22-15(24)11-5-3-4-6-13(11)17(19,20)21/h7-9,11,13H,3-6H2,1-2H3,(H,22,24). The highest BCUT2D eigenvalue weighted by atomic mass is 35.5. The van der Waals surface area contributed by atoms with Crippen molar-refractivity contribution in [1.29, 1.82) is 0 Å². The summed E-state index contributed by atoms with van der Waals surface area (Å²) >= 11 is 6.06. The summed E-state index contributed by atoms with van der Waals surface area (Å²) in [5, 5.41) is 2.63. The maximum atomic E-state index is 13.1. The second kappa shape index (κ2) is 7.64. The van der Waals surface area contributed by atoms with Crippen LogP contribution in [0.2, 0.25) is 5.02 Å². The van der Waals surface area contributed by atoms with Crippen molar-refractivity contribution >= 4 is 29.1 Å². The van der Waals surface area contributed by atoms with Crippen LogP contribution in [0.3, 0.4) is 0 Å². The van der Waals surface area contributed by atoms with Gasteiger partial charge in [0, 0.05) is 25.7 Å². The summed E-state index contributed by atoms with van der Waals surface area (Å²) in [5.74, 6) is -3.68. The molecule has 1 saturated carbocycles. The van der Waals surface area contributed by atoms with Crippen molar-refractivity contribution in [2.75, 3.05) is 19.4 Å². The van der Waals surface area contributed by atoms with E-state index in [0.717, 1.165) is 0 Å². The molecule has 1 N–H and O–H groups in total. The van der Waals surface area contributed by atoms with Gasteiger partial charge in [0.2, 0.25) is 5.91 Å². The minimum atomic E-state index is -4.39. The molecular weight excluding hydrogens is 357 g/mol. The fourth-order valence-electron chi connectivity index (χ4n) is 3.08. The first-order valence-corrected chi connectivity index (χ1v) is 8.38. The van der Waals surface area contributed by atoms with Crippen LogP contribution in [0.4, 0.5) is 18.9 Å². The topological polar surface area (TPSA) is 49.4 Å². The van der Waals surface area contributed by atoms with Gasteiger partial charge in [0.15, 0.2) is 0 Å². The van der Waals surface area contributed by atoms with Crippen molar-refractivity contribution in [3.63, 3.8) is 0 Å². The third-order valence-corrected chi connectivity index (χ3v) is 4.71. The normalized spacial score (nSPS) is 20.9. The van der Waals surface area contributed by atoms with Crippen LogP contribution in [-0.2, 0) is 4.79 Å². The molecule has 0 aromatic heterocycles. The summed E-state index contributed by atoms with van der Waals surface area (Å²) in [5.41, 5.74) is 0.535. The SMILES string of the molecule is CN(C)C(=O)c1ccc(NC(=O)C2CCCCC2C(F)(F)F)cc1Cl. The van der Waals surface area contributed by atoms with Gasteiger partial charge in [-0.25, -0.2) is 0 Å². The lowest BCUT2D eigenvalue weighted by atomic mass is 9.78. The molecule has 0 bridgehead atoms. The fourth-order valence-corrected chi connectivity index (χ4v) is 3.34. The molecule has 0 aliphatic heterocycles. The number of halogens is 4. The monoisotopic (exact) mass is 376 g/mol. The second-order valence-electron chi connectivity index (χ2n) is 6.42. The zero-order chi connectivity index (χ0) is 18.8. The quantitative estimate of drug-likeness (QED) is 0.852. The van der Waals surface area contributed by atoms with E-state index >= 15 is 0 Å². The molecule has 2 amide bonds. The van der Waals surface area contributed by atoms with E-state index in [0.29, 0.717) is 12.8 Å². The van der Waals surface area contributed by atoms with Gasteiger partial charge in [0.25, 0.3) is 5.91 Å². The van der Waals surface area contributed by atoms with Crippen LogP contribution < -0.4 is 5.32 Å². The van der Waals surface area contributed by atoms with Gasteiger partial charge in [0.1, 0.15) is 0 Å². The van der Waals surface area contributed by atoms with E-state index in [4.69, 9.17) is 11.6 Å². The van der Waals surface area contributed by atoms with Gasteiger partial charge in [-0.1, -0.05) is 24.4 Å². The van der Waals surface area contributed by atoms with Crippen LogP contribution in [0, 0.1) is 11.8 Å². The van der Waals surface area contributed by atoms with E-state index in [9.17, 15) is 22.8 Å². The lowest BCUT2D eigenvalue weighted by molar-refractivity contribution is -0.197. The lowest BCUT2D eigenvalue weighted by Crippen LogP contribution is -2.39. The van der Waals surface area contributed by atoms with Crippen molar-refractivity contribution in [2.24, 2.45) is 11.8 Å². The third-order valence-electron chi connectivity index (χ3n) is 4.40. The Morgan fingerprint density at radius 2 is 1.84 bits per heavy atom. The third kappa shape index (κ3) is 4.66. The Labute approximate surface area is 149 Å². The predicted molar refractivity (Wildman–Crippen MR) is 89.6 cm³/mol. The van der Waals surface area contributed by atoms with Crippen LogP contribution in [0.5, 0.6) is 0 Å². The van der Waals surface area contributed by atoms with Crippen LogP contribution in [0.25, 0.3) is 0 Å². The maximum Gasteiger partial charge on any atom is 0.392 e. The number of anilines is 1. The smallest absolute Gasteiger partial charge is 0.345 e. The number of hydrogen-bond donors (Lipinski definition) is 1. The van der Waals surface area contributed by atoms with Crippen molar-refractivity contribution < 1.29 is 22.8 Å². The number of benzene rings is 1. The van der Waals surface area contributed by atoms with E-state index in [-0.39, 0.29) is 35.0 Å². The Kier molecular flexibility index (Phi) is 5.98. The summed E-state index contributed by atoms with van der Waals surface area (Å²) in [6, 6.07) is 4.29. The molecule has 138 valence electrons. The molecule has 2 unspecified atom stereocenters. The average molecular weight is 377 g/mol. The first-order chi connectivity index (χ1) is 11.6. The molecule has 2 atom stereocenters. The molecule has 25 heavy (non-hydrogen) atoms.